The van der Waals surface area contributed by atoms with Crippen LogP contribution in [0, 0.1) is 17.3 Å². The molecule has 0 unspecified atom stereocenters. The van der Waals surface area contributed by atoms with Crippen LogP contribution in [0.1, 0.15) is 74.4 Å². The number of hydrogen-bond acceptors (Lipinski definition) is 4. The molecular weight excluding hydrogens is 498 g/mol. The SMILES string of the molecule is CC(C)(C)OC(=O)NCCCN1CC[C@@]23c4ccccc4C[C@@H]1[C@]21CC[C@@H]2[C@H]3[C@@H](CN2C(=O)c2ccccc2)C1. The van der Waals surface area contributed by atoms with Gasteiger partial charge in [-0.1, -0.05) is 42.5 Å². The second kappa shape index (κ2) is 9.34. The number of carbonyl (C=O) groups excluding carboxylic acids is 2. The number of rotatable bonds is 5. The lowest BCUT2D eigenvalue weighted by atomic mass is 9.43. The minimum Gasteiger partial charge on any atom is -0.444 e. The summed E-state index contributed by atoms with van der Waals surface area (Å²) in [4.78, 5) is 30.9. The topological polar surface area (TPSA) is 61.9 Å². The third kappa shape index (κ3) is 3.78. The van der Waals surface area contributed by atoms with E-state index >= 15 is 0 Å². The molecular formula is C34H43N3O3. The molecule has 3 aliphatic carbocycles. The third-order valence-corrected chi connectivity index (χ3v) is 11.1. The molecule has 5 aliphatic rings. The molecule has 2 aliphatic heterocycles. The summed E-state index contributed by atoms with van der Waals surface area (Å²) in [7, 11) is 0. The highest BCUT2D eigenvalue weighted by Crippen LogP contribution is 2.75. The van der Waals surface area contributed by atoms with Gasteiger partial charge < -0.3 is 15.0 Å². The molecule has 2 aromatic carbocycles. The fourth-order valence-electron chi connectivity index (χ4n) is 10.1. The van der Waals surface area contributed by atoms with E-state index in [1.165, 1.54) is 24.8 Å². The van der Waals surface area contributed by atoms with E-state index in [1.807, 2.05) is 51.1 Å². The maximum Gasteiger partial charge on any atom is 0.407 e. The second-order valence-electron chi connectivity index (χ2n) is 14.0. The predicted molar refractivity (Wildman–Crippen MR) is 155 cm³/mol. The number of piperidine rings is 1. The molecule has 0 radical (unpaired) electrons. The van der Waals surface area contributed by atoms with Crippen molar-refractivity contribution >= 4 is 12.0 Å². The van der Waals surface area contributed by atoms with Crippen LogP contribution in [0.2, 0.25) is 0 Å². The van der Waals surface area contributed by atoms with Crippen molar-refractivity contribution in [2.45, 2.75) is 82.4 Å². The minimum absolute atomic E-state index is 0.164. The molecule has 2 heterocycles. The monoisotopic (exact) mass is 541 g/mol. The van der Waals surface area contributed by atoms with Gasteiger partial charge in [0, 0.05) is 42.7 Å². The zero-order chi connectivity index (χ0) is 27.7. The number of likely N-dealkylation sites (tertiary alicyclic amines) is 2. The molecule has 7 rings (SSSR count). The van der Waals surface area contributed by atoms with Gasteiger partial charge in [-0.2, -0.15) is 0 Å². The van der Waals surface area contributed by atoms with Gasteiger partial charge in [0.25, 0.3) is 5.91 Å². The molecule has 2 amide bonds. The van der Waals surface area contributed by atoms with E-state index in [1.54, 1.807) is 5.56 Å². The lowest BCUT2D eigenvalue weighted by molar-refractivity contribution is -0.101. The van der Waals surface area contributed by atoms with Crippen molar-refractivity contribution in [3.63, 3.8) is 0 Å². The number of nitrogens with zero attached hydrogens (tertiary/aromatic N) is 2. The number of hydrogen-bond donors (Lipinski definition) is 1. The average Bonchev–Trinajstić information content (AvgIpc) is 3.37. The summed E-state index contributed by atoms with van der Waals surface area (Å²) in [6.07, 6.45) is 6.45. The first-order valence-corrected chi connectivity index (χ1v) is 15.4. The van der Waals surface area contributed by atoms with Gasteiger partial charge in [0.1, 0.15) is 5.60 Å². The van der Waals surface area contributed by atoms with Gasteiger partial charge in [0.05, 0.1) is 0 Å². The lowest BCUT2D eigenvalue weighted by Gasteiger charge is -2.66. The van der Waals surface area contributed by atoms with Crippen LogP contribution in [0.15, 0.2) is 54.6 Å². The number of benzene rings is 2. The van der Waals surface area contributed by atoms with Crippen molar-refractivity contribution in [1.82, 2.24) is 15.1 Å². The van der Waals surface area contributed by atoms with E-state index in [9.17, 15) is 9.59 Å². The Kier molecular flexibility index (Phi) is 6.08. The van der Waals surface area contributed by atoms with Crippen LogP contribution in [-0.4, -0.2) is 65.7 Å². The van der Waals surface area contributed by atoms with Crippen LogP contribution in [0.5, 0.6) is 0 Å². The molecule has 4 fully saturated rings. The highest BCUT2D eigenvalue weighted by molar-refractivity contribution is 5.94. The van der Waals surface area contributed by atoms with Gasteiger partial charge in [0.2, 0.25) is 0 Å². The Morgan fingerprint density at radius 2 is 1.82 bits per heavy atom. The van der Waals surface area contributed by atoms with Crippen LogP contribution in [-0.2, 0) is 16.6 Å². The molecule has 1 N–H and O–H groups in total. The molecule has 2 saturated carbocycles. The van der Waals surface area contributed by atoms with Crippen LogP contribution < -0.4 is 5.32 Å². The Morgan fingerprint density at radius 3 is 2.62 bits per heavy atom. The average molecular weight is 542 g/mol. The number of carbonyl (C=O) groups is 2. The Labute approximate surface area is 238 Å². The highest BCUT2D eigenvalue weighted by Gasteiger charge is 2.76. The zero-order valence-corrected chi connectivity index (χ0v) is 24.2. The lowest BCUT2D eigenvalue weighted by Crippen LogP contribution is -2.69. The van der Waals surface area contributed by atoms with Crippen LogP contribution in [0.4, 0.5) is 4.79 Å². The second-order valence-corrected chi connectivity index (χ2v) is 14.0. The zero-order valence-electron chi connectivity index (χ0n) is 24.2. The summed E-state index contributed by atoms with van der Waals surface area (Å²) in [6, 6.07) is 20.0. The van der Waals surface area contributed by atoms with E-state index in [0.717, 1.165) is 44.5 Å². The number of nitrogens with one attached hydrogen (secondary N) is 1. The van der Waals surface area contributed by atoms with E-state index < -0.39 is 5.60 Å². The third-order valence-electron chi connectivity index (χ3n) is 11.1. The van der Waals surface area contributed by atoms with Crippen molar-refractivity contribution in [3.05, 3.63) is 71.3 Å². The quantitative estimate of drug-likeness (QED) is 0.514. The Morgan fingerprint density at radius 1 is 1.05 bits per heavy atom. The number of alkyl carbamates (subject to hydrolysis) is 1. The fraction of sp³-hybridized carbons (Fsp3) is 0.588. The molecule has 6 heteroatoms. The van der Waals surface area contributed by atoms with E-state index in [-0.39, 0.29) is 22.8 Å². The van der Waals surface area contributed by atoms with Crippen molar-refractivity contribution in [1.29, 1.82) is 0 Å². The predicted octanol–water partition coefficient (Wildman–Crippen LogP) is 5.41. The summed E-state index contributed by atoms with van der Waals surface area (Å²) in [5, 5.41) is 2.96. The summed E-state index contributed by atoms with van der Waals surface area (Å²) in [6.45, 7) is 9.32. The number of amides is 2. The van der Waals surface area contributed by atoms with Crippen molar-refractivity contribution in [2.75, 3.05) is 26.2 Å². The molecule has 0 spiro atoms. The summed E-state index contributed by atoms with van der Waals surface area (Å²) in [5.74, 6) is 1.34. The molecule has 4 bridgehead atoms. The first kappa shape index (κ1) is 26.1. The summed E-state index contributed by atoms with van der Waals surface area (Å²) >= 11 is 0. The molecule has 40 heavy (non-hydrogen) atoms. The normalized spacial score (nSPS) is 33.7. The van der Waals surface area contributed by atoms with E-state index in [4.69, 9.17) is 4.74 Å². The van der Waals surface area contributed by atoms with E-state index in [2.05, 4.69) is 39.4 Å². The molecule has 2 aromatic rings. The van der Waals surface area contributed by atoms with Gasteiger partial charge in [-0.15, -0.1) is 0 Å². The Hall–Kier alpha value is -2.86. The summed E-state index contributed by atoms with van der Waals surface area (Å²) in [5.41, 5.74) is 3.92. The van der Waals surface area contributed by atoms with Gasteiger partial charge >= 0.3 is 6.09 Å². The van der Waals surface area contributed by atoms with Crippen LogP contribution in [0.3, 0.4) is 0 Å². The largest absolute Gasteiger partial charge is 0.444 e. The number of ether oxygens (including phenoxy) is 1. The molecule has 6 atom stereocenters. The first-order chi connectivity index (χ1) is 19.2. The van der Waals surface area contributed by atoms with Gasteiger partial charge in [0.15, 0.2) is 0 Å². The van der Waals surface area contributed by atoms with E-state index in [0.29, 0.717) is 30.5 Å². The van der Waals surface area contributed by atoms with Crippen LogP contribution >= 0.6 is 0 Å². The molecule has 6 nitrogen and oxygen atoms in total. The minimum atomic E-state index is -0.477. The highest BCUT2D eigenvalue weighted by atomic mass is 16.6. The Bertz CT molecular complexity index is 1310. The smallest absolute Gasteiger partial charge is 0.407 e. The van der Waals surface area contributed by atoms with Gasteiger partial charge in [-0.25, -0.2) is 4.79 Å². The maximum atomic E-state index is 13.7. The maximum absolute atomic E-state index is 13.7. The molecule has 2 saturated heterocycles. The Balaban J connectivity index is 1.15. The van der Waals surface area contributed by atoms with Crippen LogP contribution in [0.25, 0.3) is 0 Å². The fourth-order valence-corrected chi connectivity index (χ4v) is 10.1. The number of fused-ring (bicyclic) bond motifs is 1. The molecule has 212 valence electrons. The molecule has 0 aromatic heterocycles. The first-order valence-electron chi connectivity index (χ1n) is 15.4. The standard InChI is InChI=1S/C34H43N3O3/c1-32(2,3)40-31(39)35-17-9-18-36-19-16-34-26-13-8-7-12-24(26)20-28(36)33(34)15-14-27-29(34)25(21-33)22-37(27)30(38)23-10-5-4-6-11-23/h4-8,10-13,25,27-29H,9,14-22H2,1-3H3,(H,35,39)/t25-,27-,28-,29-,33-,34+/m1/s1. The van der Waals surface area contributed by atoms with Crippen molar-refractivity contribution in [3.8, 4) is 0 Å². The van der Waals surface area contributed by atoms with Crippen molar-refractivity contribution < 1.29 is 14.3 Å². The van der Waals surface area contributed by atoms with Gasteiger partial charge in [-0.05, 0) is 106 Å². The van der Waals surface area contributed by atoms with Gasteiger partial charge in [-0.3, -0.25) is 9.69 Å². The van der Waals surface area contributed by atoms with Crippen molar-refractivity contribution in [2.24, 2.45) is 17.3 Å². The summed E-state index contributed by atoms with van der Waals surface area (Å²) < 4.78 is 5.43.